The van der Waals surface area contributed by atoms with E-state index in [0.29, 0.717) is 23.1 Å². The number of rotatable bonds is 7. The van der Waals surface area contributed by atoms with Crippen LogP contribution < -0.4 is 20.4 Å². The van der Waals surface area contributed by atoms with Crippen molar-refractivity contribution in [1.82, 2.24) is 24.5 Å². The normalized spacial score (nSPS) is 13.5. The molecule has 0 saturated carbocycles. The average Bonchev–Trinajstić information content (AvgIpc) is 3.51. The zero-order valence-corrected chi connectivity index (χ0v) is 23.7. The highest BCUT2D eigenvalue weighted by atomic mass is 19.4. The Morgan fingerprint density at radius 3 is 2.32 bits per heavy atom. The van der Waals surface area contributed by atoms with Crippen molar-refractivity contribution in [3.8, 4) is 5.82 Å². The third-order valence-corrected chi connectivity index (χ3v) is 7.30. The lowest BCUT2D eigenvalue weighted by Gasteiger charge is -2.36. The van der Waals surface area contributed by atoms with Crippen LogP contribution in [0.1, 0.15) is 21.5 Å². The Labute approximate surface area is 251 Å². The van der Waals surface area contributed by atoms with Crippen molar-refractivity contribution < 1.29 is 18.0 Å². The number of pyridine rings is 1. The molecule has 0 unspecified atom stereocenters. The van der Waals surface area contributed by atoms with Crippen LogP contribution in [0, 0.1) is 6.92 Å². The van der Waals surface area contributed by atoms with Gasteiger partial charge in [-0.15, -0.1) is 0 Å². The van der Waals surface area contributed by atoms with Crippen LogP contribution in [-0.4, -0.2) is 56.6 Å². The molecule has 13 heteroatoms. The molecule has 1 aliphatic rings. The van der Waals surface area contributed by atoms with Gasteiger partial charge in [-0.1, -0.05) is 18.2 Å². The highest BCUT2D eigenvalue weighted by Crippen LogP contribution is 2.30. The van der Waals surface area contributed by atoms with E-state index in [1.54, 1.807) is 41.4 Å². The van der Waals surface area contributed by atoms with E-state index in [2.05, 4.69) is 40.4 Å². The first-order valence-corrected chi connectivity index (χ1v) is 13.9. The maximum atomic E-state index is 13.1. The lowest BCUT2D eigenvalue weighted by atomic mass is 10.1. The van der Waals surface area contributed by atoms with Gasteiger partial charge in [-0.25, -0.2) is 19.9 Å². The first kappa shape index (κ1) is 28.6. The molecule has 10 nitrogen and oxygen atoms in total. The average molecular weight is 600 g/mol. The molecule has 0 spiro atoms. The number of anilines is 5. The quantitative estimate of drug-likeness (QED) is 0.245. The zero-order valence-electron chi connectivity index (χ0n) is 23.7. The van der Waals surface area contributed by atoms with E-state index in [4.69, 9.17) is 0 Å². The Bertz CT molecular complexity index is 1770. The minimum absolute atomic E-state index is 0.0943. The Balaban J connectivity index is 1.16. The molecule has 3 aromatic heterocycles. The van der Waals surface area contributed by atoms with Crippen molar-refractivity contribution in [2.24, 2.45) is 0 Å². The van der Waals surface area contributed by atoms with E-state index in [1.807, 2.05) is 31.2 Å². The fourth-order valence-corrected chi connectivity index (χ4v) is 4.92. The summed E-state index contributed by atoms with van der Waals surface area (Å²) in [7, 11) is 0. The number of aryl methyl sites for hydroxylation is 1. The summed E-state index contributed by atoms with van der Waals surface area (Å²) in [6.07, 6.45) is 2.20. The SMILES string of the molecule is Cc1ccc(NC(=O)c2cccc(C(F)(F)F)c2)cc1Nc1nccn1-c1cc(N2CCN(c3ccccn3)CC2)ncn1. The second-order valence-corrected chi connectivity index (χ2v) is 10.2. The summed E-state index contributed by atoms with van der Waals surface area (Å²) >= 11 is 0. The number of benzene rings is 2. The summed E-state index contributed by atoms with van der Waals surface area (Å²) in [6, 6.07) is 17.3. The molecular weight excluding hydrogens is 571 g/mol. The van der Waals surface area contributed by atoms with Gasteiger partial charge < -0.3 is 20.4 Å². The Morgan fingerprint density at radius 2 is 1.57 bits per heavy atom. The van der Waals surface area contributed by atoms with Crippen molar-refractivity contribution in [3.63, 3.8) is 0 Å². The number of nitrogens with zero attached hydrogens (tertiary/aromatic N) is 7. The summed E-state index contributed by atoms with van der Waals surface area (Å²) in [5.41, 5.74) is 0.948. The number of carbonyl (C=O) groups is 1. The van der Waals surface area contributed by atoms with E-state index in [9.17, 15) is 18.0 Å². The van der Waals surface area contributed by atoms with Crippen LogP contribution in [0.25, 0.3) is 5.82 Å². The lowest BCUT2D eigenvalue weighted by molar-refractivity contribution is -0.137. The van der Waals surface area contributed by atoms with Gasteiger partial charge in [-0.2, -0.15) is 13.2 Å². The largest absolute Gasteiger partial charge is 0.416 e. The molecule has 2 aromatic carbocycles. The van der Waals surface area contributed by atoms with Gasteiger partial charge in [0.05, 0.1) is 5.56 Å². The van der Waals surface area contributed by atoms with Gasteiger partial charge in [0.1, 0.15) is 23.8 Å². The van der Waals surface area contributed by atoms with Gasteiger partial charge in [0.15, 0.2) is 0 Å². The molecule has 4 heterocycles. The van der Waals surface area contributed by atoms with Gasteiger partial charge in [0.25, 0.3) is 5.91 Å². The van der Waals surface area contributed by atoms with Crippen LogP contribution >= 0.6 is 0 Å². The molecule has 224 valence electrons. The summed E-state index contributed by atoms with van der Waals surface area (Å²) in [4.78, 5) is 35.1. The van der Waals surface area contributed by atoms with Crippen LogP contribution in [0.3, 0.4) is 0 Å². The Hall–Kier alpha value is -5.46. The van der Waals surface area contributed by atoms with Crippen LogP contribution in [-0.2, 0) is 6.18 Å². The highest BCUT2D eigenvalue weighted by molar-refractivity contribution is 6.04. The monoisotopic (exact) mass is 599 g/mol. The molecule has 1 fully saturated rings. The topological polar surface area (TPSA) is 104 Å². The predicted molar refractivity (Wildman–Crippen MR) is 162 cm³/mol. The fraction of sp³-hybridized carbons (Fsp3) is 0.194. The summed E-state index contributed by atoms with van der Waals surface area (Å²) in [5, 5.41) is 5.97. The first-order chi connectivity index (χ1) is 21.2. The molecule has 44 heavy (non-hydrogen) atoms. The molecule has 1 saturated heterocycles. The van der Waals surface area contributed by atoms with Crippen LogP contribution in [0.4, 0.5) is 42.1 Å². The van der Waals surface area contributed by atoms with Crippen molar-refractivity contribution in [3.05, 3.63) is 108 Å². The minimum Gasteiger partial charge on any atom is -0.353 e. The first-order valence-electron chi connectivity index (χ1n) is 13.9. The van der Waals surface area contributed by atoms with Crippen LogP contribution in [0.2, 0.25) is 0 Å². The van der Waals surface area contributed by atoms with E-state index in [0.717, 1.165) is 55.5 Å². The molecule has 2 N–H and O–H groups in total. The molecule has 0 aliphatic carbocycles. The maximum Gasteiger partial charge on any atom is 0.416 e. The molecule has 6 rings (SSSR count). The van der Waals surface area contributed by atoms with E-state index >= 15 is 0 Å². The van der Waals surface area contributed by atoms with Crippen LogP contribution in [0.15, 0.2) is 91.6 Å². The number of imidazole rings is 1. The highest BCUT2D eigenvalue weighted by Gasteiger charge is 2.31. The Kier molecular flexibility index (Phi) is 7.84. The van der Waals surface area contributed by atoms with Gasteiger partial charge in [-0.05, 0) is 55.0 Å². The number of nitrogens with one attached hydrogen (secondary N) is 2. The minimum atomic E-state index is -4.54. The number of amides is 1. The predicted octanol–water partition coefficient (Wildman–Crippen LogP) is 5.71. The van der Waals surface area contributed by atoms with Crippen molar-refractivity contribution in [1.29, 1.82) is 0 Å². The molecule has 5 aromatic rings. The second-order valence-electron chi connectivity index (χ2n) is 10.2. The second kappa shape index (κ2) is 12.0. The lowest BCUT2D eigenvalue weighted by Crippen LogP contribution is -2.47. The third kappa shape index (κ3) is 6.31. The molecule has 0 radical (unpaired) electrons. The number of piperazine rings is 1. The number of hydrogen-bond acceptors (Lipinski definition) is 8. The van der Waals surface area contributed by atoms with E-state index in [-0.39, 0.29) is 5.56 Å². The number of alkyl halides is 3. The zero-order chi connectivity index (χ0) is 30.7. The standard InChI is InChI=1S/C31H28F3N9O/c1-21-8-9-24(39-29(44)22-5-4-6-23(17-22)31(32,33)34)18-25(21)40-30-36-11-12-43(30)28-19-27(37-20-38-28)42-15-13-41(14-16-42)26-7-2-3-10-35-26/h2-12,17-20H,13-16H2,1H3,(H,36,40)(H,39,44). The molecule has 0 bridgehead atoms. The number of hydrogen-bond donors (Lipinski definition) is 2. The number of halogens is 3. The van der Waals surface area contributed by atoms with Crippen molar-refractivity contribution in [2.45, 2.75) is 13.1 Å². The van der Waals surface area contributed by atoms with Gasteiger partial charge >= 0.3 is 6.18 Å². The van der Waals surface area contributed by atoms with E-state index < -0.39 is 17.6 Å². The summed E-state index contributed by atoms with van der Waals surface area (Å²) < 4.78 is 41.2. The van der Waals surface area contributed by atoms with Crippen molar-refractivity contribution >= 4 is 34.9 Å². The van der Waals surface area contributed by atoms with Gasteiger partial charge in [0.2, 0.25) is 5.95 Å². The van der Waals surface area contributed by atoms with Crippen LogP contribution in [0.5, 0.6) is 0 Å². The fourth-order valence-electron chi connectivity index (χ4n) is 4.92. The summed E-state index contributed by atoms with van der Waals surface area (Å²) in [5.74, 6) is 2.21. The smallest absolute Gasteiger partial charge is 0.353 e. The molecule has 1 amide bonds. The molecule has 1 aliphatic heterocycles. The Morgan fingerprint density at radius 1 is 0.795 bits per heavy atom. The van der Waals surface area contributed by atoms with E-state index in [1.165, 1.54) is 18.5 Å². The molecular formula is C31H28F3N9O. The number of aromatic nitrogens is 5. The maximum absolute atomic E-state index is 13.1. The molecule has 0 atom stereocenters. The van der Waals surface area contributed by atoms with Crippen molar-refractivity contribution in [2.75, 3.05) is 46.6 Å². The number of carbonyl (C=O) groups excluding carboxylic acids is 1. The summed E-state index contributed by atoms with van der Waals surface area (Å²) in [6.45, 7) is 5.07. The third-order valence-electron chi connectivity index (χ3n) is 7.30. The van der Waals surface area contributed by atoms with Gasteiger partial charge in [0, 0.05) is 67.8 Å². The van der Waals surface area contributed by atoms with Gasteiger partial charge in [-0.3, -0.25) is 9.36 Å².